The Bertz CT molecular complexity index is 533. The van der Waals surface area contributed by atoms with E-state index >= 15 is 0 Å². The maximum absolute atomic E-state index is 11.6. The number of hydrogen-bond acceptors (Lipinski definition) is 7. The fourth-order valence-electron chi connectivity index (χ4n) is 2.78. The number of nitrogens with two attached hydrogens (primary N) is 1. The molecule has 114 valence electrons. The first-order valence-electron chi connectivity index (χ1n) is 7.01. The molecule has 0 bridgehead atoms. The number of piperidine rings is 1. The molecular formula is C14H19N3O4. The average molecular weight is 293 g/mol. The summed E-state index contributed by atoms with van der Waals surface area (Å²) in [5, 5.41) is 0. The minimum Gasteiger partial charge on any atom is -0.464 e. The molecule has 2 N–H and O–H groups in total. The fraction of sp³-hybridized carbons (Fsp3) is 0.571. The summed E-state index contributed by atoms with van der Waals surface area (Å²) in [5.41, 5.74) is 6.80. The van der Waals surface area contributed by atoms with Gasteiger partial charge in [-0.15, -0.1) is 0 Å². The van der Waals surface area contributed by atoms with Crippen molar-refractivity contribution in [2.24, 2.45) is 0 Å². The second kappa shape index (κ2) is 5.50. The van der Waals surface area contributed by atoms with Crippen LogP contribution in [-0.4, -0.2) is 50.2 Å². The standard InChI is InChI=1S/C14H19N3O4/c1-19-13(18)11-3-2-10(15)12(16-11)17-6-4-14(5-7-17)20-8-9-21-14/h2-3H,4-9,15H2,1H3. The fourth-order valence-corrected chi connectivity index (χ4v) is 2.78. The second-order valence-electron chi connectivity index (χ2n) is 5.20. The van der Waals surface area contributed by atoms with Crippen molar-refractivity contribution in [1.82, 2.24) is 4.98 Å². The lowest BCUT2D eigenvalue weighted by atomic mass is 10.0. The Balaban J connectivity index is 1.76. The highest BCUT2D eigenvalue weighted by molar-refractivity contribution is 5.88. The van der Waals surface area contributed by atoms with Gasteiger partial charge in [0.25, 0.3) is 0 Å². The topological polar surface area (TPSA) is 86.9 Å². The molecule has 2 saturated heterocycles. The number of ether oxygens (including phenoxy) is 3. The number of anilines is 2. The van der Waals surface area contributed by atoms with Gasteiger partial charge in [0.1, 0.15) is 0 Å². The van der Waals surface area contributed by atoms with E-state index in [4.69, 9.17) is 19.9 Å². The molecule has 1 aromatic heterocycles. The summed E-state index contributed by atoms with van der Waals surface area (Å²) in [6.07, 6.45) is 1.52. The summed E-state index contributed by atoms with van der Waals surface area (Å²) in [6, 6.07) is 3.25. The highest BCUT2D eigenvalue weighted by Crippen LogP contribution is 2.34. The first-order valence-corrected chi connectivity index (χ1v) is 7.01. The number of pyridine rings is 1. The molecule has 2 aliphatic rings. The molecule has 21 heavy (non-hydrogen) atoms. The maximum Gasteiger partial charge on any atom is 0.356 e. The largest absolute Gasteiger partial charge is 0.464 e. The highest BCUT2D eigenvalue weighted by atomic mass is 16.7. The number of nitrogen functional groups attached to an aromatic ring is 1. The number of carbonyl (C=O) groups excluding carboxylic acids is 1. The van der Waals surface area contributed by atoms with Gasteiger partial charge in [0.2, 0.25) is 0 Å². The molecule has 2 aliphatic heterocycles. The SMILES string of the molecule is COC(=O)c1ccc(N)c(N2CCC3(CC2)OCCO3)n1. The lowest BCUT2D eigenvalue weighted by molar-refractivity contribution is -0.169. The van der Waals surface area contributed by atoms with Crippen molar-refractivity contribution in [2.45, 2.75) is 18.6 Å². The number of esters is 1. The lowest BCUT2D eigenvalue weighted by Gasteiger charge is -2.38. The predicted octanol–water partition coefficient (Wildman–Crippen LogP) is 0.794. The third-order valence-corrected chi connectivity index (χ3v) is 3.94. The van der Waals surface area contributed by atoms with Crippen molar-refractivity contribution >= 4 is 17.5 Å². The summed E-state index contributed by atoms with van der Waals surface area (Å²) in [7, 11) is 1.33. The third kappa shape index (κ3) is 2.66. The molecule has 2 fully saturated rings. The van der Waals surface area contributed by atoms with Gasteiger partial charge in [0.15, 0.2) is 17.3 Å². The Morgan fingerprint density at radius 3 is 2.62 bits per heavy atom. The minimum absolute atomic E-state index is 0.260. The van der Waals surface area contributed by atoms with Gasteiger partial charge in [-0.25, -0.2) is 9.78 Å². The van der Waals surface area contributed by atoms with Gasteiger partial charge in [-0.3, -0.25) is 0 Å². The molecule has 0 amide bonds. The minimum atomic E-state index is -0.466. The summed E-state index contributed by atoms with van der Waals surface area (Å²) in [6.45, 7) is 2.75. The zero-order valence-electron chi connectivity index (χ0n) is 12.0. The highest BCUT2D eigenvalue weighted by Gasteiger charge is 2.40. The van der Waals surface area contributed by atoms with E-state index < -0.39 is 11.8 Å². The molecule has 0 aliphatic carbocycles. The summed E-state index contributed by atoms with van der Waals surface area (Å²) in [4.78, 5) is 18.0. The number of methoxy groups -OCH3 is 1. The molecule has 0 aromatic carbocycles. The van der Waals surface area contributed by atoms with Crippen molar-refractivity contribution in [2.75, 3.05) is 44.0 Å². The first-order chi connectivity index (χ1) is 10.1. The van der Waals surface area contributed by atoms with E-state index in [2.05, 4.69) is 9.88 Å². The van der Waals surface area contributed by atoms with Crippen LogP contribution in [0.25, 0.3) is 0 Å². The van der Waals surface area contributed by atoms with E-state index in [1.165, 1.54) is 7.11 Å². The quantitative estimate of drug-likeness (QED) is 0.807. The number of aromatic nitrogens is 1. The van der Waals surface area contributed by atoms with E-state index in [9.17, 15) is 4.79 Å². The molecule has 3 rings (SSSR count). The average Bonchev–Trinajstić information content (AvgIpc) is 2.96. The van der Waals surface area contributed by atoms with Gasteiger partial charge in [-0.2, -0.15) is 0 Å². The van der Waals surface area contributed by atoms with E-state index in [0.717, 1.165) is 25.9 Å². The normalized spacial score (nSPS) is 20.7. The molecular weight excluding hydrogens is 274 g/mol. The van der Waals surface area contributed by atoms with E-state index in [1.807, 2.05) is 0 Å². The van der Waals surface area contributed by atoms with Crippen molar-refractivity contribution in [3.8, 4) is 0 Å². The van der Waals surface area contributed by atoms with Crippen molar-refractivity contribution in [3.63, 3.8) is 0 Å². The van der Waals surface area contributed by atoms with E-state index in [0.29, 0.717) is 24.7 Å². The second-order valence-corrected chi connectivity index (χ2v) is 5.20. The summed E-state index contributed by atoms with van der Waals surface area (Å²) >= 11 is 0. The van der Waals surface area contributed by atoms with E-state index in [-0.39, 0.29) is 5.69 Å². The number of rotatable bonds is 2. The smallest absolute Gasteiger partial charge is 0.356 e. The van der Waals surface area contributed by atoms with Crippen molar-refractivity contribution < 1.29 is 19.0 Å². The Morgan fingerprint density at radius 2 is 2.00 bits per heavy atom. The summed E-state index contributed by atoms with van der Waals surface area (Å²) in [5.74, 6) is -0.288. The number of carbonyl (C=O) groups is 1. The van der Waals surface area contributed by atoms with Crippen LogP contribution in [0.4, 0.5) is 11.5 Å². The van der Waals surface area contributed by atoms with Crippen LogP contribution < -0.4 is 10.6 Å². The van der Waals surface area contributed by atoms with Crippen LogP contribution in [-0.2, 0) is 14.2 Å². The molecule has 0 atom stereocenters. The van der Waals surface area contributed by atoms with Crippen molar-refractivity contribution in [3.05, 3.63) is 17.8 Å². The Kier molecular flexibility index (Phi) is 3.69. The van der Waals surface area contributed by atoms with Crippen molar-refractivity contribution in [1.29, 1.82) is 0 Å². The molecule has 3 heterocycles. The molecule has 7 heteroatoms. The van der Waals surface area contributed by atoms with Gasteiger partial charge in [0, 0.05) is 25.9 Å². The Labute approximate surface area is 123 Å². The van der Waals surface area contributed by atoms with Gasteiger partial charge in [-0.05, 0) is 12.1 Å². The first kappa shape index (κ1) is 14.1. The predicted molar refractivity (Wildman–Crippen MR) is 76.1 cm³/mol. The van der Waals surface area contributed by atoms with Gasteiger partial charge < -0.3 is 24.8 Å². The third-order valence-electron chi connectivity index (χ3n) is 3.94. The number of nitrogens with zero attached hydrogens (tertiary/aromatic N) is 2. The van der Waals surface area contributed by atoms with E-state index in [1.54, 1.807) is 12.1 Å². The van der Waals surface area contributed by atoms with Gasteiger partial charge >= 0.3 is 5.97 Å². The molecule has 0 saturated carbocycles. The molecule has 1 aromatic rings. The van der Waals surface area contributed by atoms with Gasteiger partial charge in [0.05, 0.1) is 26.0 Å². The van der Waals surface area contributed by atoms with Gasteiger partial charge in [-0.1, -0.05) is 0 Å². The van der Waals surface area contributed by atoms with Crippen LogP contribution >= 0.6 is 0 Å². The monoisotopic (exact) mass is 293 g/mol. The van der Waals surface area contributed by atoms with Crippen LogP contribution in [0, 0.1) is 0 Å². The van der Waals surface area contributed by atoms with Crippen LogP contribution in [0.2, 0.25) is 0 Å². The molecule has 0 unspecified atom stereocenters. The zero-order valence-corrected chi connectivity index (χ0v) is 12.0. The van der Waals surface area contributed by atoms with Crippen LogP contribution in [0.3, 0.4) is 0 Å². The number of hydrogen-bond donors (Lipinski definition) is 1. The lowest BCUT2D eigenvalue weighted by Crippen LogP contribution is -2.45. The van der Waals surface area contributed by atoms with Crippen LogP contribution in [0.1, 0.15) is 23.3 Å². The Morgan fingerprint density at radius 1 is 1.33 bits per heavy atom. The van der Waals surface area contributed by atoms with Crippen LogP contribution in [0.15, 0.2) is 12.1 Å². The summed E-state index contributed by atoms with van der Waals surface area (Å²) < 4.78 is 16.1. The maximum atomic E-state index is 11.6. The Hall–Kier alpha value is -1.86. The molecule has 1 spiro atoms. The van der Waals surface area contributed by atoms with Crippen LogP contribution in [0.5, 0.6) is 0 Å². The molecule has 0 radical (unpaired) electrons. The zero-order chi connectivity index (χ0) is 14.9. The molecule has 7 nitrogen and oxygen atoms in total.